The van der Waals surface area contributed by atoms with E-state index < -0.39 is 20.0 Å². The molecule has 0 heterocycles. The van der Waals surface area contributed by atoms with Crippen molar-refractivity contribution in [3.63, 3.8) is 0 Å². The molecule has 23 heavy (non-hydrogen) atoms. The van der Waals surface area contributed by atoms with Crippen molar-refractivity contribution in [2.75, 3.05) is 4.72 Å². The summed E-state index contributed by atoms with van der Waals surface area (Å²) in [5, 5.41) is 5.01. The highest BCUT2D eigenvalue weighted by atomic mass is 32.2. The Hall–Kier alpha value is -1.90. The van der Waals surface area contributed by atoms with Crippen molar-refractivity contribution in [1.29, 1.82) is 0 Å². The van der Waals surface area contributed by atoms with Crippen LogP contribution in [0.2, 0.25) is 0 Å². The lowest BCUT2D eigenvalue weighted by atomic mass is 10.1. The van der Waals surface area contributed by atoms with Crippen LogP contribution in [0.5, 0.6) is 0 Å². The molecule has 122 valence electrons. The first kappa shape index (κ1) is 16.0. The summed E-state index contributed by atoms with van der Waals surface area (Å²) in [6, 6.07) is 10.4. The molecule has 6 nitrogen and oxygen atoms in total. The van der Waals surface area contributed by atoms with E-state index in [2.05, 4.69) is 4.72 Å². The molecule has 0 fully saturated rings. The van der Waals surface area contributed by atoms with Gasteiger partial charge in [-0.15, -0.1) is 0 Å². The van der Waals surface area contributed by atoms with E-state index in [9.17, 15) is 16.8 Å². The number of nitrogens with one attached hydrogen (secondary N) is 1. The van der Waals surface area contributed by atoms with Gasteiger partial charge in [0.05, 0.1) is 9.79 Å². The molecule has 0 bridgehead atoms. The van der Waals surface area contributed by atoms with Crippen molar-refractivity contribution in [1.82, 2.24) is 0 Å². The van der Waals surface area contributed by atoms with E-state index in [1.165, 1.54) is 29.8 Å². The van der Waals surface area contributed by atoms with Crippen molar-refractivity contribution in [3.8, 4) is 0 Å². The number of benzene rings is 2. The largest absolute Gasteiger partial charge is 0.280 e. The van der Waals surface area contributed by atoms with E-state index in [0.717, 1.165) is 24.8 Å². The predicted molar refractivity (Wildman–Crippen MR) is 87.1 cm³/mol. The highest BCUT2D eigenvalue weighted by molar-refractivity contribution is 7.92. The molecule has 0 radical (unpaired) electrons. The highest BCUT2D eigenvalue weighted by Crippen LogP contribution is 2.26. The number of fused-ring (bicyclic) bond motifs is 1. The number of rotatable bonds is 4. The Morgan fingerprint density at radius 3 is 2.09 bits per heavy atom. The number of hydrogen-bond donors (Lipinski definition) is 2. The molecule has 8 heteroatoms. The third kappa shape index (κ3) is 3.39. The molecule has 1 aliphatic rings. The maximum Gasteiger partial charge on any atom is 0.261 e. The molecule has 1 aliphatic carbocycles. The molecule has 3 N–H and O–H groups in total. The second-order valence-electron chi connectivity index (χ2n) is 5.46. The minimum atomic E-state index is -3.80. The van der Waals surface area contributed by atoms with Crippen LogP contribution in [0, 0.1) is 0 Å². The number of nitrogens with two attached hydrogens (primary N) is 1. The van der Waals surface area contributed by atoms with Gasteiger partial charge in [0, 0.05) is 5.69 Å². The number of primary sulfonamides is 1. The standard InChI is InChI=1S/C15H16N2O4S2/c16-22(18,19)14-8-5-13(6-9-14)17-23(20,21)15-7-4-11-2-1-3-12(11)10-15/h4-10,17H,1-3H2,(H2,16,18,19). The summed E-state index contributed by atoms with van der Waals surface area (Å²) in [7, 11) is -7.51. The second kappa shape index (κ2) is 5.63. The van der Waals surface area contributed by atoms with Crippen LogP contribution < -0.4 is 9.86 Å². The van der Waals surface area contributed by atoms with Crippen molar-refractivity contribution in [2.45, 2.75) is 29.1 Å². The third-order valence-electron chi connectivity index (χ3n) is 3.82. The lowest BCUT2D eigenvalue weighted by Gasteiger charge is -2.10. The van der Waals surface area contributed by atoms with Gasteiger partial charge in [0.1, 0.15) is 0 Å². The molecule has 0 spiro atoms. The van der Waals surface area contributed by atoms with Gasteiger partial charge in [-0.3, -0.25) is 4.72 Å². The molecule has 0 aromatic heterocycles. The summed E-state index contributed by atoms with van der Waals surface area (Å²) in [6.07, 6.45) is 2.92. The minimum absolute atomic E-state index is 0.0713. The Bertz CT molecular complexity index is 949. The molecular weight excluding hydrogens is 336 g/mol. The minimum Gasteiger partial charge on any atom is -0.280 e. The summed E-state index contributed by atoms with van der Waals surface area (Å²) in [5.41, 5.74) is 2.54. The molecule has 0 amide bonds. The number of aryl methyl sites for hydroxylation is 2. The smallest absolute Gasteiger partial charge is 0.261 e. The average molecular weight is 352 g/mol. The van der Waals surface area contributed by atoms with Gasteiger partial charge in [-0.2, -0.15) is 0 Å². The van der Waals surface area contributed by atoms with E-state index in [0.29, 0.717) is 0 Å². The fourth-order valence-electron chi connectivity index (χ4n) is 2.64. The first-order chi connectivity index (χ1) is 10.8. The van der Waals surface area contributed by atoms with Crippen LogP contribution in [-0.2, 0) is 32.9 Å². The van der Waals surface area contributed by atoms with E-state index in [1.54, 1.807) is 12.1 Å². The van der Waals surface area contributed by atoms with Crippen LogP contribution in [0.15, 0.2) is 52.3 Å². The first-order valence-electron chi connectivity index (χ1n) is 7.03. The van der Waals surface area contributed by atoms with Crippen LogP contribution in [-0.4, -0.2) is 16.8 Å². The quantitative estimate of drug-likeness (QED) is 0.872. The monoisotopic (exact) mass is 352 g/mol. The van der Waals surface area contributed by atoms with E-state index in [1.807, 2.05) is 6.07 Å². The number of hydrogen-bond acceptors (Lipinski definition) is 4. The molecule has 2 aromatic rings. The molecular formula is C15H16N2O4S2. The Morgan fingerprint density at radius 2 is 1.43 bits per heavy atom. The van der Waals surface area contributed by atoms with Gasteiger partial charge < -0.3 is 0 Å². The fourth-order valence-corrected chi connectivity index (χ4v) is 4.27. The Morgan fingerprint density at radius 1 is 0.826 bits per heavy atom. The molecule has 0 atom stereocenters. The van der Waals surface area contributed by atoms with Crippen LogP contribution in [0.3, 0.4) is 0 Å². The third-order valence-corrected chi connectivity index (χ3v) is 6.12. The Kier molecular flexibility index (Phi) is 3.91. The van der Waals surface area contributed by atoms with Gasteiger partial charge in [-0.1, -0.05) is 6.07 Å². The van der Waals surface area contributed by atoms with E-state index >= 15 is 0 Å². The molecule has 0 saturated heterocycles. The van der Waals surface area contributed by atoms with Crippen LogP contribution >= 0.6 is 0 Å². The van der Waals surface area contributed by atoms with Gasteiger partial charge in [-0.25, -0.2) is 22.0 Å². The summed E-state index contributed by atoms with van der Waals surface area (Å²) in [6.45, 7) is 0. The summed E-state index contributed by atoms with van der Waals surface area (Å²) in [5.74, 6) is 0. The first-order valence-corrected chi connectivity index (χ1v) is 10.1. The zero-order valence-electron chi connectivity index (χ0n) is 12.2. The van der Waals surface area contributed by atoms with Gasteiger partial charge in [-0.05, 0) is 66.8 Å². The SMILES string of the molecule is NS(=O)(=O)c1ccc(NS(=O)(=O)c2ccc3c(c2)CCC3)cc1. The second-order valence-corrected chi connectivity index (χ2v) is 8.70. The summed E-state index contributed by atoms with van der Waals surface area (Å²) >= 11 is 0. The number of anilines is 1. The van der Waals surface area contributed by atoms with Crippen molar-refractivity contribution in [2.24, 2.45) is 5.14 Å². The van der Waals surface area contributed by atoms with Crippen molar-refractivity contribution < 1.29 is 16.8 Å². The van der Waals surface area contributed by atoms with Crippen LogP contribution in [0.4, 0.5) is 5.69 Å². The average Bonchev–Trinajstić information content (AvgIpc) is 2.93. The maximum atomic E-state index is 12.4. The molecule has 0 saturated carbocycles. The fraction of sp³-hybridized carbons (Fsp3) is 0.200. The highest BCUT2D eigenvalue weighted by Gasteiger charge is 2.18. The Balaban J connectivity index is 1.86. The zero-order chi connectivity index (χ0) is 16.7. The molecule has 0 aliphatic heterocycles. The van der Waals surface area contributed by atoms with Gasteiger partial charge >= 0.3 is 0 Å². The maximum absolute atomic E-state index is 12.4. The topological polar surface area (TPSA) is 106 Å². The molecule has 0 unspecified atom stereocenters. The lowest BCUT2D eigenvalue weighted by Crippen LogP contribution is -2.14. The molecule has 3 rings (SSSR count). The van der Waals surface area contributed by atoms with E-state index in [-0.39, 0.29) is 15.5 Å². The normalized spacial score (nSPS) is 14.5. The van der Waals surface area contributed by atoms with E-state index in [4.69, 9.17) is 5.14 Å². The Labute approximate surface area is 135 Å². The van der Waals surface area contributed by atoms with Crippen LogP contribution in [0.25, 0.3) is 0 Å². The van der Waals surface area contributed by atoms with Crippen LogP contribution in [0.1, 0.15) is 17.5 Å². The predicted octanol–water partition coefficient (Wildman–Crippen LogP) is 1.62. The van der Waals surface area contributed by atoms with Gasteiger partial charge in [0.15, 0.2) is 0 Å². The summed E-state index contributed by atoms with van der Waals surface area (Å²) < 4.78 is 49.7. The summed E-state index contributed by atoms with van der Waals surface area (Å²) in [4.78, 5) is 0.131. The molecule has 2 aromatic carbocycles. The lowest BCUT2D eigenvalue weighted by molar-refractivity contribution is 0.597. The van der Waals surface area contributed by atoms with Gasteiger partial charge in [0.2, 0.25) is 10.0 Å². The van der Waals surface area contributed by atoms with Crippen molar-refractivity contribution >= 4 is 25.7 Å². The van der Waals surface area contributed by atoms with Crippen molar-refractivity contribution in [3.05, 3.63) is 53.6 Å². The van der Waals surface area contributed by atoms with Gasteiger partial charge in [0.25, 0.3) is 10.0 Å². The number of sulfonamides is 2. The zero-order valence-corrected chi connectivity index (χ0v) is 13.8.